The Morgan fingerprint density at radius 1 is 1.58 bits per heavy atom. The highest BCUT2D eigenvalue weighted by atomic mass is 35.5. The van der Waals surface area contributed by atoms with Crippen LogP contribution >= 0.6 is 11.6 Å². The summed E-state index contributed by atoms with van der Waals surface area (Å²) in [5.41, 5.74) is 1.43. The first-order valence-corrected chi connectivity index (χ1v) is 6.59. The summed E-state index contributed by atoms with van der Waals surface area (Å²) in [5.74, 6) is 0. The fraction of sp³-hybridized carbons (Fsp3) is 0.500. The molecule has 0 saturated carbocycles. The molecule has 104 valence electrons. The van der Waals surface area contributed by atoms with Crippen LogP contribution in [0.5, 0.6) is 0 Å². The van der Waals surface area contributed by atoms with Crippen LogP contribution in [0.25, 0.3) is 0 Å². The molecule has 7 heteroatoms. The molecule has 2 rings (SSSR count). The van der Waals surface area contributed by atoms with Crippen molar-refractivity contribution in [3.63, 3.8) is 0 Å². The smallest absolute Gasteiger partial charge is 0.287 e. The van der Waals surface area contributed by atoms with Crippen LogP contribution in [0, 0.1) is 0 Å². The van der Waals surface area contributed by atoms with E-state index in [9.17, 15) is 4.79 Å². The third-order valence-corrected chi connectivity index (χ3v) is 3.33. The lowest BCUT2D eigenvalue weighted by molar-refractivity contribution is 0.266. The normalized spacial score (nSPS) is 15.2. The van der Waals surface area contributed by atoms with Crippen LogP contribution in [0.2, 0.25) is 5.02 Å². The molecule has 0 radical (unpaired) electrons. The van der Waals surface area contributed by atoms with Gasteiger partial charge in [0.05, 0.1) is 25.0 Å². The highest BCUT2D eigenvalue weighted by Crippen LogP contribution is 2.16. The average molecular weight is 285 g/mol. The molecule has 0 aliphatic carbocycles. The Hall–Kier alpha value is -1.37. The largest absolute Gasteiger partial charge is 0.394 e. The van der Waals surface area contributed by atoms with Gasteiger partial charge >= 0.3 is 0 Å². The fourth-order valence-corrected chi connectivity index (χ4v) is 2.09. The van der Waals surface area contributed by atoms with Gasteiger partial charge < -0.3 is 15.7 Å². The summed E-state index contributed by atoms with van der Waals surface area (Å²) in [5, 5.41) is 19.2. The molecule has 0 fully saturated rings. The standard InChI is InChI=1S/C12H17ClN4O2/c13-11-10(8-16-17(5-6-18)12(11)19)15-7-9-1-3-14-4-2-9/h1,8,14-15,18H,2-7H2. The summed E-state index contributed by atoms with van der Waals surface area (Å²) in [4.78, 5) is 11.8. The first kappa shape index (κ1) is 14.0. The van der Waals surface area contributed by atoms with E-state index < -0.39 is 0 Å². The summed E-state index contributed by atoms with van der Waals surface area (Å²) in [6.07, 6.45) is 4.63. The topological polar surface area (TPSA) is 79.2 Å². The molecule has 0 spiro atoms. The molecule has 6 nitrogen and oxygen atoms in total. The van der Waals surface area contributed by atoms with Crippen molar-refractivity contribution in [3.05, 3.63) is 33.2 Å². The first-order chi connectivity index (χ1) is 9.22. The minimum absolute atomic E-state index is 0.109. The van der Waals surface area contributed by atoms with Gasteiger partial charge in [0.25, 0.3) is 5.56 Å². The zero-order valence-electron chi connectivity index (χ0n) is 10.5. The van der Waals surface area contributed by atoms with Gasteiger partial charge in [0.15, 0.2) is 0 Å². The number of anilines is 1. The predicted molar refractivity (Wildman–Crippen MR) is 74.7 cm³/mol. The Kier molecular flexibility index (Phi) is 4.95. The zero-order valence-corrected chi connectivity index (χ0v) is 11.3. The molecule has 2 heterocycles. The molecular formula is C12H17ClN4O2. The number of aliphatic hydroxyl groups excluding tert-OH is 1. The minimum atomic E-state index is -0.389. The van der Waals surface area contributed by atoms with Crippen molar-refractivity contribution < 1.29 is 5.11 Å². The Morgan fingerprint density at radius 3 is 3.11 bits per heavy atom. The van der Waals surface area contributed by atoms with Crippen molar-refractivity contribution in [1.82, 2.24) is 15.1 Å². The summed E-state index contributed by atoms with van der Waals surface area (Å²) < 4.78 is 1.15. The van der Waals surface area contributed by atoms with Crippen LogP contribution in [-0.4, -0.2) is 41.1 Å². The van der Waals surface area contributed by atoms with Gasteiger partial charge in [-0.3, -0.25) is 4.79 Å². The predicted octanol–water partition coefficient (Wildman–Crippen LogP) is 0.221. The fourth-order valence-electron chi connectivity index (χ4n) is 1.88. The molecule has 0 aromatic carbocycles. The number of nitrogens with zero attached hydrogens (tertiary/aromatic N) is 2. The van der Waals surface area contributed by atoms with E-state index in [1.807, 2.05) is 0 Å². The maximum atomic E-state index is 11.8. The second-order valence-corrected chi connectivity index (χ2v) is 4.67. The SMILES string of the molecule is O=c1c(Cl)c(NCC2=CCNCC2)cnn1CCO. The maximum absolute atomic E-state index is 11.8. The van der Waals surface area contributed by atoms with E-state index >= 15 is 0 Å². The molecule has 1 aromatic rings. The van der Waals surface area contributed by atoms with Crippen molar-refractivity contribution in [2.24, 2.45) is 0 Å². The van der Waals surface area contributed by atoms with Crippen LogP contribution in [0.4, 0.5) is 5.69 Å². The third-order valence-electron chi connectivity index (χ3n) is 2.96. The number of halogens is 1. The van der Waals surface area contributed by atoms with Crippen LogP contribution in [0.3, 0.4) is 0 Å². The molecule has 0 amide bonds. The van der Waals surface area contributed by atoms with Gasteiger partial charge in [0.1, 0.15) is 5.02 Å². The van der Waals surface area contributed by atoms with Crippen LogP contribution in [0.15, 0.2) is 22.6 Å². The lowest BCUT2D eigenvalue weighted by atomic mass is 10.1. The zero-order chi connectivity index (χ0) is 13.7. The van der Waals surface area contributed by atoms with Crippen molar-refractivity contribution in [1.29, 1.82) is 0 Å². The van der Waals surface area contributed by atoms with Crippen LogP contribution in [-0.2, 0) is 6.54 Å². The summed E-state index contributed by atoms with van der Waals surface area (Å²) in [6.45, 7) is 2.51. The van der Waals surface area contributed by atoms with E-state index in [0.29, 0.717) is 12.2 Å². The Balaban J connectivity index is 2.06. The quantitative estimate of drug-likeness (QED) is 0.674. The van der Waals surface area contributed by atoms with Crippen molar-refractivity contribution in [2.45, 2.75) is 13.0 Å². The third kappa shape index (κ3) is 3.56. The Labute approximate surface area is 116 Å². The van der Waals surface area contributed by atoms with Crippen molar-refractivity contribution in [3.8, 4) is 0 Å². The monoisotopic (exact) mass is 284 g/mol. The van der Waals surface area contributed by atoms with Crippen molar-refractivity contribution >= 4 is 17.3 Å². The van der Waals surface area contributed by atoms with Gasteiger partial charge in [-0.2, -0.15) is 5.10 Å². The summed E-state index contributed by atoms with van der Waals surface area (Å²) in [6, 6.07) is 0. The van der Waals surface area contributed by atoms with Crippen LogP contribution in [0.1, 0.15) is 6.42 Å². The van der Waals surface area contributed by atoms with E-state index in [1.54, 1.807) is 0 Å². The molecule has 0 saturated heterocycles. The van der Waals surface area contributed by atoms with Crippen molar-refractivity contribution in [2.75, 3.05) is 31.6 Å². The number of nitrogens with one attached hydrogen (secondary N) is 2. The highest BCUT2D eigenvalue weighted by molar-refractivity contribution is 6.32. The lowest BCUT2D eigenvalue weighted by Crippen LogP contribution is -2.26. The van der Waals surface area contributed by atoms with Gasteiger partial charge in [-0.05, 0) is 13.0 Å². The maximum Gasteiger partial charge on any atom is 0.287 e. The van der Waals surface area contributed by atoms with E-state index in [-0.39, 0.29) is 23.7 Å². The summed E-state index contributed by atoms with van der Waals surface area (Å²) in [7, 11) is 0. The highest BCUT2D eigenvalue weighted by Gasteiger charge is 2.10. The van der Waals surface area contributed by atoms with Gasteiger partial charge in [-0.25, -0.2) is 4.68 Å². The van der Waals surface area contributed by atoms with Crippen LogP contribution < -0.4 is 16.2 Å². The van der Waals surface area contributed by atoms with Gasteiger partial charge in [-0.15, -0.1) is 0 Å². The van der Waals surface area contributed by atoms with E-state index in [2.05, 4.69) is 21.8 Å². The number of aromatic nitrogens is 2. The number of hydrogen-bond acceptors (Lipinski definition) is 5. The molecule has 1 aliphatic heterocycles. The van der Waals surface area contributed by atoms with E-state index in [4.69, 9.17) is 16.7 Å². The molecule has 1 aromatic heterocycles. The first-order valence-electron chi connectivity index (χ1n) is 6.21. The van der Waals surface area contributed by atoms with E-state index in [0.717, 1.165) is 24.2 Å². The molecule has 3 N–H and O–H groups in total. The average Bonchev–Trinajstić information content (AvgIpc) is 2.44. The number of rotatable bonds is 5. The molecule has 19 heavy (non-hydrogen) atoms. The molecule has 0 unspecified atom stereocenters. The molecule has 0 bridgehead atoms. The Morgan fingerprint density at radius 2 is 2.42 bits per heavy atom. The minimum Gasteiger partial charge on any atom is -0.394 e. The number of aliphatic hydroxyl groups is 1. The molecule has 1 aliphatic rings. The second kappa shape index (κ2) is 6.70. The molecular weight excluding hydrogens is 268 g/mol. The Bertz CT molecular complexity index is 527. The number of hydrogen-bond donors (Lipinski definition) is 3. The summed E-state index contributed by atoms with van der Waals surface area (Å²) >= 11 is 6.00. The molecule has 0 atom stereocenters. The van der Waals surface area contributed by atoms with Gasteiger partial charge in [0, 0.05) is 13.1 Å². The second-order valence-electron chi connectivity index (χ2n) is 4.29. The van der Waals surface area contributed by atoms with Gasteiger partial charge in [-0.1, -0.05) is 23.3 Å². The van der Waals surface area contributed by atoms with Gasteiger partial charge in [0.2, 0.25) is 0 Å². The van der Waals surface area contributed by atoms with E-state index in [1.165, 1.54) is 11.8 Å². The lowest BCUT2D eigenvalue weighted by Gasteiger charge is -2.15.